The van der Waals surface area contributed by atoms with Crippen LogP contribution in [-0.4, -0.2) is 42.2 Å². The number of aliphatic hydroxyl groups is 1. The predicted octanol–water partition coefficient (Wildman–Crippen LogP) is 1.57. The van der Waals surface area contributed by atoms with Crippen molar-refractivity contribution in [3.63, 3.8) is 0 Å². The quantitative estimate of drug-likeness (QED) is 0.831. The topological polar surface area (TPSA) is 52.6 Å². The van der Waals surface area contributed by atoms with E-state index in [9.17, 15) is 4.79 Å². The van der Waals surface area contributed by atoms with E-state index in [-0.39, 0.29) is 18.4 Å². The average Bonchev–Trinajstić information content (AvgIpc) is 2.35. The Kier molecular flexibility index (Phi) is 4.20. The van der Waals surface area contributed by atoms with Crippen LogP contribution < -0.4 is 5.32 Å². The molecule has 1 aromatic rings. The SMILES string of the molecule is CCCNc1ccccc1C(=O)N1CC(CO)C1. The van der Waals surface area contributed by atoms with Gasteiger partial charge in [0.2, 0.25) is 0 Å². The maximum atomic E-state index is 12.3. The minimum atomic E-state index is 0.0545. The summed E-state index contributed by atoms with van der Waals surface area (Å²) in [5, 5.41) is 12.3. The van der Waals surface area contributed by atoms with E-state index in [1.165, 1.54) is 0 Å². The number of carbonyl (C=O) groups is 1. The molecular weight excluding hydrogens is 228 g/mol. The molecule has 4 nitrogen and oxygen atoms in total. The molecule has 1 aliphatic heterocycles. The van der Waals surface area contributed by atoms with Crippen LogP contribution in [-0.2, 0) is 0 Å². The molecule has 0 radical (unpaired) electrons. The standard InChI is InChI=1S/C14H20N2O2/c1-2-7-15-13-6-4-3-5-12(13)14(18)16-8-11(9-16)10-17/h3-6,11,15,17H,2,7-10H2,1H3. The molecule has 0 aliphatic carbocycles. The number of hydrogen-bond donors (Lipinski definition) is 2. The van der Waals surface area contributed by atoms with E-state index in [1.54, 1.807) is 4.90 Å². The van der Waals surface area contributed by atoms with Gasteiger partial charge in [-0.3, -0.25) is 4.79 Å². The Labute approximate surface area is 108 Å². The van der Waals surface area contributed by atoms with E-state index < -0.39 is 0 Å². The number of para-hydroxylation sites is 1. The van der Waals surface area contributed by atoms with E-state index in [4.69, 9.17) is 5.11 Å². The van der Waals surface area contributed by atoms with Crippen molar-refractivity contribution in [3.05, 3.63) is 29.8 Å². The van der Waals surface area contributed by atoms with Crippen LogP contribution in [0.2, 0.25) is 0 Å². The first-order chi connectivity index (χ1) is 8.76. The molecule has 1 aliphatic rings. The van der Waals surface area contributed by atoms with Crippen molar-refractivity contribution in [2.75, 3.05) is 31.6 Å². The third-order valence-corrected chi connectivity index (χ3v) is 3.23. The summed E-state index contributed by atoms with van der Waals surface area (Å²) < 4.78 is 0. The Morgan fingerprint density at radius 2 is 2.17 bits per heavy atom. The highest BCUT2D eigenvalue weighted by Crippen LogP contribution is 2.22. The second kappa shape index (κ2) is 5.87. The lowest BCUT2D eigenvalue weighted by atomic mass is 9.99. The highest BCUT2D eigenvalue weighted by molar-refractivity contribution is 6.00. The normalized spacial score (nSPS) is 15.3. The molecule has 4 heteroatoms. The third-order valence-electron chi connectivity index (χ3n) is 3.23. The number of likely N-dealkylation sites (tertiary alicyclic amines) is 1. The zero-order chi connectivity index (χ0) is 13.0. The maximum absolute atomic E-state index is 12.3. The van der Waals surface area contributed by atoms with Crippen molar-refractivity contribution >= 4 is 11.6 Å². The van der Waals surface area contributed by atoms with Crippen LogP contribution in [0.15, 0.2) is 24.3 Å². The lowest BCUT2D eigenvalue weighted by Gasteiger charge is -2.38. The van der Waals surface area contributed by atoms with Crippen LogP contribution in [0.25, 0.3) is 0 Å². The highest BCUT2D eigenvalue weighted by Gasteiger charge is 2.31. The van der Waals surface area contributed by atoms with Crippen LogP contribution in [0.3, 0.4) is 0 Å². The van der Waals surface area contributed by atoms with Crippen molar-refractivity contribution < 1.29 is 9.90 Å². The van der Waals surface area contributed by atoms with Gasteiger partial charge in [0.25, 0.3) is 5.91 Å². The number of nitrogens with zero attached hydrogens (tertiary/aromatic N) is 1. The number of aliphatic hydroxyl groups excluding tert-OH is 1. The number of carbonyl (C=O) groups excluding carboxylic acids is 1. The molecule has 0 aromatic heterocycles. The number of hydrogen-bond acceptors (Lipinski definition) is 3. The van der Waals surface area contributed by atoms with Gasteiger partial charge in [-0.25, -0.2) is 0 Å². The lowest BCUT2D eigenvalue weighted by Crippen LogP contribution is -2.51. The molecule has 1 amide bonds. The molecule has 0 spiro atoms. The predicted molar refractivity (Wildman–Crippen MR) is 71.7 cm³/mol. The fraction of sp³-hybridized carbons (Fsp3) is 0.500. The summed E-state index contributed by atoms with van der Waals surface area (Å²) >= 11 is 0. The minimum Gasteiger partial charge on any atom is -0.396 e. The van der Waals surface area contributed by atoms with Gasteiger partial charge in [0.05, 0.1) is 5.56 Å². The number of anilines is 1. The van der Waals surface area contributed by atoms with Crippen LogP contribution >= 0.6 is 0 Å². The molecule has 0 saturated carbocycles. The van der Waals surface area contributed by atoms with Gasteiger partial charge in [0.15, 0.2) is 0 Å². The minimum absolute atomic E-state index is 0.0545. The molecule has 0 atom stereocenters. The Balaban J connectivity index is 2.05. The second-order valence-corrected chi connectivity index (χ2v) is 4.73. The summed E-state index contributed by atoms with van der Waals surface area (Å²) in [7, 11) is 0. The molecule has 2 N–H and O–H groups in total. The first kappa shape index (κ1) is 12.9. The largest absolute Gasteiger partial charge is 0.396 e. The molecular formula is C14H20N2O2. The molecule has 0 unspecified atom stereocenters. The number of nitrogens with one attached hydrogen (secondary N) is 1. The third kappa shape index (κ3) is 2.64. The van der Waals surface area contributed by atoms with Gasteiger partial charge in [0.1, 0.15) is 0 Å². The lowest BCUT2D eigenvalue weighted by molar-refractivity contribution is 0.0363. The summed E-state index contributed by atoms with van der Waals surface area (Å²) in [5.41, 5.74) is 1.62. The summed E-state index contributed by atoms with van der Waals surface area (Å²) in [5.74, 6) is 0.309. The van der Waals surface area contributed by atoms with Gasteiger partial charge in [-0.15, -0.1) is 0 Å². The Morgan fingerprint density at radius 1 is 1.44 bits per heavy atom. The fourth-order valence-electron chi connectivity index (χ4n) is 2.10. The molecule has 18 heavy (non-hydrogen) atoms. The summed E-state index contributed by atoms with van der Waals surface area (Å²) in [6.07, 6.45) is 1.03. The van der Waals surface area contributed by atoms with Gasteiger partial charge in [0, 0.05) is 37.8 Å². The van der Waals surface area contributed by atoms with Gasteiger partial charge in [-0.2, -0.15) is 0 Å². The van der Waals surface area contributed by atoms with E-state index in [0.29, 0.717) is 13.1 Å². The zero-order valence-corrected chi connectivity index (χ0v) is 10.7. The Bertz CT molecular complexity index is 414. The van der Waals surface area contributed by atoms with Crippen molar-refractivity contribution in [1.82, 2.24) is 4.90 Å². The molecule has 1 saturated heterocycles. The van der Waals surface area contributed by atoms with E-state index >= 15 is 0 Å². The molecule has 2 rings (SSSR count). The number of rotatable bonds is 5. The monoisotopic (exact) mass is 248 g/mol. The molecule has 1 aromatic carbocycles. The maximum Gasteiger partial charge on any atom is 0.255 e. The van der Waals surface area contributed by atoms with E-state index in [1.807, 2.05) is 24.3 Å². The highest BCUT2D eigenvalue weighted by atomic mass is 16.3. The summed E-state index contributed by atoms with van der Waals surface area (Å²) in [6, 6.07) is 7.61. The van der Waals surface area contributed by atoms with Gasteiger partial charge in [-0.05, 0) is 18.6 Å². The van der Waals surface area contributed by atoms with Gasteiger partial charge < -0.3 is 15.3 Å². The first-order valence-corrected chi connectivity index (χ1v) is 6.49. The van der Waals surface area contributed by atoms with Crippen LogP contribution in [0.1, 0.15) is 23.7 Å². The number of amides is 1. The van der Waals surface area contributed by atoms with Crippen molar-refractivity contribution in [1.29, 1.82) is 0 Å². The van der Waals surface area contributed by atoms with Crippen molar-refractivity contribution in [2.24, 2.45) is 5.92 Å². The molecule has 1 heterocycles. The van der Waals surface area contributed by atoms with Gasteiger partial charge in [-0.1, -0.05) is 19.1 Å². The van der Waals surface area contributed by atoms with Crippen LogP contribution in [0, 0.1) is 5.92 Å². The van der Waals surface area contributed by atoms with Crippen molar-refractivity contribution in [3.8, 4) is 0 Å². The Morgan fingerprint density at radius 3 is 2.83 bits per heavy atom. The summed E-state index contributed by atoms with van der Waals surface area (Å²) in [6.45, 7) is 4.46. The Hall–Kier alpha value is -1.55. The van der Waals surface area contributed by atoms with E-state index in [2.05, 4.69) is 12.2 Å². The van der Waals surface area contributed by atoms with E-state index in [0.717, 1.165) is 24.2 Å². The van der Waals surface area contributed by atoms with Crippen LogP contribution in [0.5, 0.6) is 0 Å². The van der Waals surface area contributed by atoms with Crippen molar-refractivity contribution in [2.45, 2.75) is 13.3 Å². The zero-order valence-electron chi connectivity index (χ0n) is 10.7. The number of benzene rings is 1. The second-order valence-electron chi connectivity index (χ2n) is 4.73. The molecule has 1 fully saturated rings. The fourth-order valence-corrected chi connectivity index (χ4v) is 2.10. The average molecular weight is 248 g/mol. The summed E-state index contributed by atoms with van der Waals surface area (Å²) in [4.78, 5) is 14.1. The van der Waals surface area contributed by atoms with Crippen LogP contribution in [0.4, 0.5) is 5.69 Å². The smallest absolute Gasteiger partial charge is 0.255 e. The molecule has 98 valence electrons. The first-order valence-electron chi connectivity index (χ1n) is 6.49. The van der Waals surface area contributed by atoms with Gasteiger partial charge >= 0.3 is 0 Å². The molecule has 0 bridgehead atoms.